The van der Waals surface area contributed by atoms with E-state index in [0.717, 1.165) is 11.3 Å². The first-order valence-corrected chi connectivity index (χ1v) is 6.59. The SMILES string of the molecule is Cc1ccc(C(N)=O)c(C)c1C(=O)NCc1ccccn1. The maximum absolute atomic E-state index is 12.3. The van der Waals surface area contributed by atoms with Crippen LogP contribution in [-0.2, 0) is 6.54 Å². The number of benzene rings is 1. The Bertz CT molecular complexity index is 681. The first-order valence-electron chi connectivity index (χ1n) is 6.59. The number of aryl methyl sites for hydroxylation is 1. The molecular formula is C16H17N3O2. The normalized spacial score (nSPS) is 10.2. The van der Waals surface area contributed by atoms with Gasteiger partial charge in [0, 0.05) is 17.3 Å². The number of carbonyl (C=O) groups excluding carboxylic acids is 2. The molecule has 0 aliphatic heterocycles. The standard InChI is InChI=1S/C16H17N3O2/c1-10-6-7-13(15(17)20)11(2)14(10)16(21)19-9-12-5-3-4-8-18-12/h3-8H,9H2,1-2H3,(H2,17,20)(H,19,21). The van der Waals surface area contributed by atoms with Gasteiger partial charge in [0.1, 0.15) is 0 Å². The van der Waals surface area contributed by atoms with Gasteiger partial charge in [-0.05, 0) is 43.2 Å². The minimum absolute atomic E-state index is 0.237. The third-order valence-electron chi connectivity index (χ3n) is 3.32. The number of nitrogens with one attached hydrogen (secondary N) is 1. The predicted octanol–water partition coefficient (Wildman–Crippen LogP) is 1.73. The second-order valence-corrected chi connectivity index (χ2v) is 4.80. The van der Waals surface area contributed by atoms with Gasteiger partial charge in [-0.2, -0.15) is 0 Å². The highest BCUT2D eigenvalue weighted by Crippen LogP contribution is 2.18. The number of rotatable bonds is 4. The summed E-state index contributed by atoms with van der Waals surface area (Å²) in [6, 6.07) is 8.87. The molecule has 0 bridgehead atoms. The van der Waals surface area contributed by atoms with Crippen molar-refractivity contribution in [1.82, 2.24) is 10.3 Å². The van der Waals surface area contributed by atoms with E-state index in [4.69, 9.17) is 5.73 Å². The Morgan fingerprint density at radius 1 is 1.19 bits per heavy atom. The van der Waals surface area contributed by atoms with Crippen LogP contribution < -0.4 is 11.1 Å². The summed E-state index contributed by atoms with van der Waals surface area (Å²) in [6.45, 7) is 3.88. The molecule has 0 aliphatic rings. The Labute approximate surface area is 123 Å². The number of nitrogens with two attached hydrogens (primary N) is 1. The van der Waals surface area contributed by atoms with Crippen molar-refractivity contribution in [2.75, 3.05) is 0 Å². The highest BCUT2D eigenvalue weighted by molar-refractivity contribution is 6.02. The molecule has 21 heavy (non-hydrogen) atoms. The molecule has 0 aliphatic carbocycles. The summed E-state index contributed by atoms with van der Waals surface area (Å²) in [5.41, 5.74) is 8.34. The Morgan fingerprint density at radius 3 is 2.57 bits per heavy atom. The molecule has 2 rings (SSSR count). The molecule has 5 nitrogen and oxygen atoms in total. The van der Waals surface area contributed by atoms with Crippen molar-refractivity contribution in [1.29, 1.82) is 0 Å². The van der Waals surface area contributed by atoms with Crippen LogP contribution in [0.2, 0.25) is 0 Å². The van der Waals surface area contributed by atoms with Crippen molar-refractivity contribution in [3.8, 4) is 0 Å². The molecule has 0 radical (unpaired) electrons. The lowest BCUT2D eigenvalue weighted by Crippen LogP contribution is -2.26. The highest BCUT2D eigenvalue weighted by Gasteiger charge is 2.17. The number of hydrogen-bond donors (Lipinski definition) is 2. The molecule has 1 aromatic carbocycles. The molecule has 1 heterocycles. The number of hydrogen-bond acceptors (Lipinski definition) is 3. The highest BCUT2D eigenvalue weighted by atomic mass is 16.2. The number of amides is 2. The van der Waals surface area contributed by atoms with Gasteiger partial charge in [0.15, 0.2) is 0 Å². The fourth-order valence-corrected chi connectivity index (χ4v) is 2.23. The Balaban J connectivity index is 2.23. The monoisotopic (exact) mass is 283 g/mol. The zero-order valence-corrected chi connectivity index (χ0v) is 12.0. The van der Waals surface area contributed by atoms with Crippen LogP contribution in [0.15, 0.2) is 36.5 Å². The van der Waals surface area contributed by atoms with E-state index in [1.807, 2.05) is 25.1 Å². The van der Waals surface area contributed by atoms with Crippen LogP contribution in [-0.4, -0.2) is 16.8 Å². The molecule has 1 aromatic heterocycles. The smallest absolute Gasteiger partial charge is 0.252 e. The first kappa shape index (κ1) is 14.7. The average Bonchev–Trinajstić information content (AvgIpc) is 2.46. The fraction of sp³-hybridized carbons (Fsp3) is 0.188. The Morgan fingerprint density at radius 2 is 1.95 bits per heavy atom. The maximum atomic E-state index is 12.3. The summed E-state index contributed by atoms with van der Waals surface area (Å²) >= 11 is 0. The van der Waals surface area contributed by atoms with E-state index >= 15 is 0 Å². The van der Waals surface area contributed by atoms with Gasteiger partial charge in [-0.15, -0.1) is 0 Å². The number of primary amides is 1. The first-order chi connectivity index (χ1) is 10.0. The predicted molar refractivity (Wildman–Crippen MR) is 79.8 cm³/mol. The second-order valence-electron chi connectivity index (χ2n) is 4.80. The van der Waals surface area contributed by atoms with E-state index in [1.165, 1.54) is 0 Å². The van der Waals surface area contributed by atoms with Gasteiger partial charge in [0.05, 0.1) is 12.2 Å². The largest absolute Gasteiger partial charge is 0.366 e. The Kier molecular flexibility index (Phi) is 4.33. The zero-order chi connectivity index (χ0) is 15.4. The van der Waals surface area contributed by atoms with Gasteiger partial charge < -0.3 is 11.1 Å². The summed E-state index contributed by atoms with van der Waals surface area (Å²) in [5.74, 6) is -0.773. The molecular weight excluding hydrogens is 266 g/mol. The molecule has 5 heteroatoms. The van der Waals surface area contributed by atoms with Gasteiger partial charge in [-0.3, -0.25) is 14.6 Å². The number of carbonyl (C=O) groups is 2. The summed E-state index contributed by atoms with van der Waals surface area (Å²) in [4.78, 5) is 27.9. The molecule has 2 amide bonds. The van der Waals surface area contributed by atoms with E-state index in [2.05, 4.69) is 10.3 Å². The molecule has 108 valence electrons. The molecule has 3 N–H and O–H groups in total. The molecule has 0 fully saturated rings. The van der Waals surface area contributed by atoms with E-state index in [0.29, 0.717) is 23.2 Å². The topological polar surface area (TPSA) is 85.1 Å². The van der Waals surface area contributed by atoms with Crippen LogP contribution in [0, 0.1) is 13.8 Å². The van der Waals surface area contributed by atoms with Gasteiger partial charge in [-0.1, -0.05) is 12.1 Å². The molecule has 2 aromatic rings. The van der Waals surface area contributed by atoms with Gasteiger partial charge in [-0.25, -0.2) is 0 Å². The summed E-state index contributed by atoms with van der Waals surface area (Å²) in [5, 5.41) is 2.81. The van der Waals surface area contributed by atoms with Crippen molar-refractivity contribution >= 4 is 11.8 Å². The number of aromatic nitrogens is 1. The molecule has 0 unspecified atom stereocenters. The van der Waals surface area contributed by atoms with Gasteiger partial charge >= 0.3 is 0 Å². The van der Waals surface area contributed by atoms with Gasteiger partial charge in [0.25, 0.3) is 5.91 Å². The lowest BCUT2D eigenvalue weighted by atomic mass is 9.96. The van der Waals surface area contributed by atoms with E-state index in [-0.39, 0.29) is 5.91 Å². The van der Waals surface area contributed by atoms with Crippen LogP contribution in [0.25, 0.3) is 0 Å². The summed E-state index contributed by atoms with van der Waals surface area (Å²) in [7, 11) is 0. The average molecular weight is 283 g/mol. The van der Waals surface area contributed by atoms with Crippen LogP contribution in [0.1, 0.15) is 37.5 Å². The van der Waals surface area contributed by atoms with E-state index < -0.39 is 5.91 Å². The number of pyridine rings is 1. The lowest BCUT2D eigenvalue weighted by Gasteiger charge is -2.12. The van der Waals surface area contributed by atoms with Crippen molar-refractivity contribution < 1.29 is 9.59 Å². The molecule has 0 spiro atoms. The van der Waals surface area contributed by atoms with Crippen molar-refractivity contribution in [2.24, 2.45) is 5.73 Å². The fourth-order valence-electron chi connectivity index (χ4n) is 2.23. The summed E-state index contributed by atoms with van der Waals surface area (Å²) in [6.07, 6.45) is 1.67. The van der Waals surface area contributed by atoms with Crippen LogP contribution in [0.4, 0.5) is 0 Å². The van der Waals surface area contributed by atoms with Crippen LogP contribution >= 0.6 is 0 Å². The van der Waals surface area contributed by atoms with Crippen molar-refractivity contribution in [3.63, 3.8) is 0 Å². The minimum Gasteiger partial charge on any atom is -0.366 e. The Hall–Kier alpha value is -2.69. The van der Waals surface area contributed by atoms with E-state index in [9.17, 15) is 9.59 Å². The minimum atomic E-state index is -0.536. The number of nitrogens with zero attached hydrogens (tertiary/aromatic N) is 1. The van der Waals surface area contributed by atoms with Crippen molar-refractivity contribution in [2.45, 2.75) is 20.4 Å². The molecule has 0 saturated carbocycles. The lowest BCUT2D eigenvalue weighted by molar-refractivity contribution is 0.0949. The molecule has 0 saturated heterocycles. The third-order valence-corrected chi connectivity index (χ3v) is 3.32. The van der Waals surface area contributed by atoms with Crippen LogP contribution in [0.3, 0.4) is 0 Å². The maximum Gasteiger partial charge on any atom is 0.252 e. The summed E-state index contributed by atoms with van der Waals surface area (Å²) < 4.78 is 0. The zero-order valence-electron chi connectivity index (χ0n) is 12.0. The third kappa shape index (κ3) is 3.25. The molecule has 0 atom stereocenters. The second kappa shape index (κ2) is 6.17. The van der Waals surface area contributed by atoms with Crippen LogP contribution in [0.5, 0.6) is 0 Å². The van der Waals surface area contributed by atoms with E-state index in [1.54, 1.807) is 25.3 Å². The quantitative estimate of drug-likeness (QED) is 0.896. The van der Waals surface area contributed by atoms with Gasteiger partial charge in [0.2, 0.25) is 5.91 Å². The van der Waals surface area contributed by atoms with Crippen molar-refractivity contribution in [3.05, 3.63) is 64.5 Å².